The summed E-state index contributed by atoms with van der Waals surface area (Å²) < 4.78 is 7.61. The number of ether oxygens (including phenoxy) is 1. The number of nitrogens with zero attached hydrogens (tertiary/aromatic N) is 2. The Labute approximate surface area is 213 Å². The van der Waals surface area contributed by atoms with E-state index in [1.54, 1.807) is 24.1 Å². The molecule has 3 N–H and O–H groups in total. The minimum absolute atomic E-state index is 0.0578. The monoisotopic (exact) mass is 499 g/mol. The Hall–Kier alpha value is -2.84. The number of aromatic nitrogens is 2. The number of carbonyl (C=O) groups excluding carboxylic acids is 3. The van der Waals surface area contributed by atoms with Gasteiger partial charge in [-0.1, -0.05) is 13.8 Å². The van der Waals surface area contributed by atoms with Crippen molar-refractivity contribution in [2.75, 3.05) is 13.7 Å². The summed E-state index contributed by atoms with van der Waals surface area (Å²) >= 11 is 0. The zero-order valence-electron chi connectivity index (χ0n) is 22.4. The second-order valence-electron chi connectivity index (χ2n) is 12.1. The van der Waals surface area contributed by atoms with Crippen LogP contribution in [0.4, 0.5) is 0 Å². The van der Waals surface area contributed by atoms with E-state index in [-0.39, 0.29) is 35.1 Å². The van der Waals surface area contributed by atoms with Crippen LogP contribution in [0.15, 0.2) is 12.3 Å². The number of amides is 3. The third kappa shape index (κ3) is 5.30. The Kier molecular flexibility index (Phi) is 7.21. The van der Waals surface area contributed by atoms with Crippen LogP contribution in [0.5, 0.6) is 5.88 Å². The summed E-state index contributed by atoms with van der Waals surface area (Å²) in [5.74, 6) is 1.69. The number of hydrogen-bond acceptors (Lipinski definition) is 5. The molecule has 198 valence electrons. The maximum atomic E-state index is 13.5. The molecule has 4 aliphatic carbocycles. The first-order chi connectivity index (χ1) is 16.9. The van der Waals surface area contributed by atoms with Gasteiger partial charge < -0.3 is 20.7 Å². The molecule has 0 radical (unpaired) electrons. The Morgan fingerprint density at radius 1 is 1.22 bits per heavy atom. The smallest absolute Gasteiger partial charge is 0.258 e. The molecule has 4 saturated carbocycles. The molecule has 36 heavy (non-hydrogen) atoms. The average molecular weight is 500 g/mol. The molecule has 4 bridgehead atoms. The lowest BCUT2D eigenvalue weighted by molar-refractivity contribution is -0.148. The molecule has 0 aliphatic heterocycles. The van der Waals surface area contributed by atoms with Gasteiger partial charge in [-0.05, 0) is 75.7 Å². The molecule has 0 saturated heterocycles. The Morgan fingerprint density at radius 2 is 1.89 bits per heavy atom. The van der Waals surface area contributed by atoms with Crippen molar-refractivity contribution < 1.29 is 19.1 Å². The first kappa shape index (κ1) is 26.2. The van der Waals surface area contributed by atoms with Gasteiger partial charge >= 0.3 is 0 Å². The zero-order valence-corrected chi connectivity index (χ0v) is 22.4. The fourth-order valence-corrected chi connectivity index (χ4v) is 6.79. The predicted octanol–water partition coefficient (Wildman–Crippen LogP) is 2.97. The largest absolute Gasteiger partial charge is 0.477 e. The molecule has 0 spiro atoms. The highest BCUT2D eigenvalue weighted by Gasteiger charge is 2.58. The summed E-state index contributed by atoms with van der Waals surface area (Å²) in [6.07, 6.45) is 9.86. The second-order valence-corrected chi connectivity index (χ2v) is 12.1. The van der Waals surface area contributed by atoms with Gasteiger partial charge in [-0.25, -0.2) is 4.68 Å². The van der Waals surface area contributed by atoms with Crippen LogP contribution < -0.4 is 20.7 Å². The lowest BCUT2D eigenvalue weighted by Gasteiger charge is -2.59. The highest BCUT2D eigenvalue weighted by Crippen LogP contribution is 2.60. The van der Waals surface area contributed by atoms with Crippen molar-refractivity contribution >= 4 is 23.9 Å². The summed E-state index contributed by atoms with van der Waals surface area (Å²) in [4.78, 5) is 37.8. The molecule has 9 heteroatoms. The normalized spacial score (nSPS) is 29.0. The Morgan fingerprint density at radius 3 is 2.47 bits per heavy atom. The van der Waals surface area contributed by atoms with Gasteiger partial charge in [0.15, 0.2) is 0 Å². The van der Waals surface area contributed by atoms with Crippen LogP contribution in [-0.4, -0.2) is 52.7 Å². The quantitative estimate of drug-likeness (QED) is 0.483. The van der Waals surface area contributed by atoms with Crippen LogP contribution in [-0.2, 0) is 9.59 Å². The maximum Gasteiger partial charge on any atom is 0.258 e. The maximum absolute atomic E-state index is 13.5. The first-order valence-electron chi connectivity index (χ1n) is 13.1. The third-order valence-corrected chi connectivity index (χ3v) is 7.96. The van der Waals surface area contributed by atoms with Gasteiger partial charge in [-0.3, -0.25) is 14.4 Å². The van der Waals surface area contributed by atoms with Gasteiger partial charge in [0.1, 0.15) is 5.56 Å². The van der Waals surface area contributed by atoms with Crippen molar-refractivity contribution in [3.63, 3.8) is 0 Å². The molecule has 1 aromatic heterocycles. The Bertz CT molecular complexity index is 1030. The number of nitrogens with one attached hydrogen (secondary N) is 3. The van der Waals surface area contributed by atoms with Gasteiger partial charge in [0.2, 0.25) is 17.7 Å². The van der Waals surface area contributed by atoms with Crippen molar-refractivity contribution in [1.29, 1.82) is 0 Å². The lowest BCUT2D eigenvalue weighted by atomic mass is 9.47. The van der Waals surface area contributed by atoms with Crippen molar-refractivity contribution in [1.82, 2.24) is 25.7 Å². The van der Waals surface area contributed by atoms with E-state index in [0.717, 1.165) is 32.1 Å². The first-order valence-corrected chi connectivity index (χ1v) is 13.1. The molecule has 9 nitrogen and oxygen atoms in total. The molecular weight excluding hydrogens is 458 g/mol. The molecule has 4 aliphatic rings. The molecule has 5 rings (SSSR count). The summed E-state index contributed by atoms with van der Waals surface area (Å²) in [6, 6.07) is 0.0578. The van der Waals surface area contributed by atoms with Gasteiger partial charge in [0, 0.05) is 26.2 Å². The van der Waals surface area contributed by atoms with Crippen molar-refractivity contribution in [3.05, 3.63) is 17.8 Å². The van der Waals surface area contributed by atoms with Crippen LogP contribution in [0.2, 0.25) is 0 Å². The topological polar surface area (TPSA) is 114 Å². The minimum atomic E-state index is -0.587. The van der Waals surface area contributed by atoms with Gasteiger partial charge in [-0.2, -0.15) is 5.10 Å². The van der Waals surface area contributed by atoms with Gasteiger partial charge in [0.25, 0.3) is 5.91 Å². The van der Waals surface area contributed by atoms with E-state index in [1.165, 1.54) is 6.92 Å². The highest BCUT2D eigenvalue weighted by molar-refractivity contribution is 5.96. The van der Waals surface area contributed by atoms with E-state index in [9.17, 15) is 14.4 Å². The highest BCUT2D eigenvalue weighted by atomic mass is 16.5. The van der Waals surface area contributed by atoms with Gasteiger partial charge in [0.05, 0.1) is 23.8 Å². The van der Waals surface area contributed by atoms with E-state index in [2.05, 4.69) is 21.0 Å². The molecule has 4 fully saturated rings. The predicted molar refractivity (Wildman–Crippen MR) is 137 cm³/mol. The molecule has 2 unspecified atom stereocenters. The fourth-order valence-electron chi connectivity index (χ4n) is 6.79. The Balaban J connectivity index is 1.53. The van der Waals surface area contributed by atoms with E-state index < -0.39 is 5.54 Å². The van der Waals surface area contributed by atoms with Crippen LogP contribution in [0.1, 0.15) is 77.1 Å². The average Bonchev–Trinajstić information content (AvgIpc) is 3.19. The standard InChI is InChI=1S/C27H41N5O4/c1-16(2)15-36-24-21(14-29-32(24)8-7-26(4,5)31-17(3)33)23(34)30-22-19-9-18-10-20(22)13-27(11-18,12-19)25(35)28-6/h7-8,14,16,18-20,22H,9-13,15H2,1-6H3,(H,28,35)(H,30,34)(H,31,33)/b8-7+/t18?,19?,20?,22-,27-. The molecule has 0 aromatic carbocycles. The van der Waals surface area contributed by atoms with E-state index in [0.29, 0.717) is 35.8 Å². The SMILES string of the molecule is CNC(=O)[C@]12CC3CC(C1)[C@@H](NC(=O)c1cnn(/C=C/C(C)(C)NC(C)=O)c1OCC(C)C)C(C3)C2. The zero-order chi connectivity index (χ0) is 26.3. The molecule has 1 heterocycles. The fraction of sp³-hybridized carbons (Fsp3) is 0.704. The van der Waals surface area contributed by atoms with Crippen molar-refractivity contribution in [3.8, 4) is 5.88 Å². The van der Waals surface area contributed by atoms with E-state index in [4.69, 9.17) is 4.74 Å². The van der Waals surface area contributed by atoms with E-state index >= 15 is 0 Å². The van der Waals surface area contributed by atoms with Crippen LogP contribution in [0, 0.1) is 29.1 Å². The van der Waals surface area contributed by atoms with Crippen LogP contribution >= 0.6 is 0 Å². The lowest BCUT2D eigenvalue weighted by Crippen LogP contribution is -2.62. The molecule has 3 amide bonds. The van der Waals surface area contributed by atoms with Crippen LogP contribution in [0.25, 0.3) is 6.20 Å². The molecular formula is C27H41N5O4. The van der Waals surface area contributed by atoms with Gasteiger partial charge in [-0.15, -0.1) is 0 Å². The summed E-state index contributed by atoms with van der Waals surface area (Å²) in [5.41, 5.74) is -0.460. The second kappa shape index (κ2) is 9.90. The minimum Gasteiger partial charge on any atom is -0.477 e. The summed E-state index contributed by atoms with van der Waals surface area (Å²) in [5, 5.41) is 13.5. The number of rotatable bonds is 9. The summed E-state index contributed by atoms with van der Waals surface area (Å²) in [6.45, 7) is 9.78. The van der Waals surface area contributed by atoms with E-state index in [1.807, 2.05) is 33.8 Å². The third-order valence-electron chi connectivity index (χ3n) is 7.96. The van der Waals surface area contributed by atoms with Crippen LogP contribution in [0.3, 0.4) is 0 Å². The molecule has 1 aromatic rings. The van der Waals surface area contributed by atoms with Crippen molar-refractivity contribution in [2.45, 2.75) is 78.3 Å². The molecule has 2 atom stereocenters. The number of hydrogen-bond donors (Lipinski definition) is 3. The van der Waals surface area contributed by atoms with Crippen molar-refractivity contribution in [2.24, 2.45) is 29.1 Å². The summed E-state index contributed by atoms with van der Waals surface area (Å²) in [7, 11) is 1.72. The number of carbonyl (C=O) groups is 3.